The number of amides is 1. The van der Waals surface area contributed by atoms with Gasteiger partial charge in [-0.1, -0.05) is 0 Å². The Morgan fingerprint density at radius 1 is 1.10 bits per heavy atom. The molecule has 3 rings (SSSR count). The van der Waals surface area contributed by atoms with Crippen LogP contribution in [-0.2, 0) is 4.79 Å². The van der Waals surface area contributed by atoms with E-state index in [1.165, 1.54) is 0 Å². The predicted molar refractivity (Wildman–Crippen MR) is 74.3 cm³/mol. The Balaban J connectivity index is 1.73. The Morgan fingerprint density at radius 3 is 2.55 bits per heavy atom. The molecule has 5 heteroatoms. The first-order chi connectivity index (χ1) is 9.72. The van der Waals surface area contributed by atoms with Gasteiger partial charge in [0.15, 0.2) is 0 Å². The van der Waals surface area contributed by atoms with Crippen LogP contribution in [0.25, 0.3) is 11.0 Å². The van der Waals surface area contributed by atoms with Gasteiger partial charge in [-0.3, -0.25) is 19.6 Å². The molecule has 20 heavy (non-hydrogen) atoms. The van der Waals surface area contributed by atoms with Crippen molar-refractivity contribution in [2.24, 2.45) is 0 Å². The van der Waals surface area contributed by atoms with E-state index in [1.807, 2.05) is 0 Å². The highest BCUT2D eigenvalue weighted by atomic mass is 16.1. The molecule has 102 valence electrons. The van der Waals surface area contributed by atoms with E-state index in [0.717, 1.165) is 18.4 Å². The Morgan fingerprint density at radius 2 is 1.80 bits per heavy atom. The average molecular weight is 269 g/mol. The third kappa shape index (κ3) is 2.66. The molecule has 0 atom stereocenters. The van der Waals surface area contributed by atoms with Gasteiger partial charge in [0.1, 0.15) is 5.78 Å². The molecule has 1 aromatic carbocycles. The number of benzene rings is 1. The normalized spacial score (nSPS) is 16.3. The van der Waals surface area contributed by atoms with Gasteiger partial charge >= 0.3 is 0 Å². The third-order valence-electron chi connectivity index (χ3n) is 3.61. The van der Waals surface area contributed by atoms with Gasteiger partial charge in [-0.2, -0.15) is 0 Å². The number of ketones is 1. The minimum Gasteiger partial charge on any atom is -0.349 e. The molecule has 1 aliphatic carbocycles. The molecule has 1 heterocycles. The van der Waals surface area contributed by atoms with E-state index in [9.17, 15) is 9.59 Å². The molecule has 1 saturated carbocycles. The summed E-state index contributed by atoms with van der Waals surface area (Å²) in [5.74, 6) is 0.174. The highest BCUT2D eigenvalue weighted by Crippen LogP contribution is 2.16. The van der Waals surface area contributed by atoms with Crippen LogP contribution in [0.3, 0.4) is 0 Å². The van der Waals surface area contributed by atoms with Crippen LogP contribution in [0.4, 0.5) is 0 Å². The summed E-state index contributed by atoms with van der Waals surface area (Å²) in [6.07, 6.45) is 5.83. The first-order valence-corrected chi connectivity index (χ1v) is 6.76. The third-order valence-corrected chi connectivity index (χ3v) is 3.61. The van der Waals surface area contributed by atoms with E-state index >= 15 is 0 Å². The van der Waals surface area contributed by atoms with Gasteiger partial charge in [-0.15, -0.1) is 0 Å². The summed E-state index contributed by atoms with van der Waals surface area (Å²) in [6.45, 7) is 0. The van der Waals surface area contributed by atoms with Crippen molar-refractivity contribution in [2.45, 2.75) is 31.7 Å². The highest BCUT2D eigenvalue weighted by molar-refractivity contribution is 5.97. The fraction of sp³-hybridized carbons (Fsp3) is 0.333. The fourth-order valence-corrected chi connectivity index (χ4v) is 2.46. The van der Waals surface area contributed by atoms with Crippen molar-refractivity contribution in [3.8, 4) is 0 Å². The second-order valence-electron chi connectivity index (χ2n) is 5.05. The van der Waals surface area contributed by atoms with Crippen LogP contribution in [0, 0.1) is 0 Å². The summed E-state index contributed by atoms with van der Waals surface area (Å²) in [7, 11) is 0. The first kappa shape index (κ1) is 12.7. The predicted octanol–water partition coefficient (Wildman–Crippen LogP) is 1.87. The van der Waals surface area contributed by atoms with E-state index in [0.29, 0.717) is 23.9 Å². The lowest BCUT2D eigenvalue weighted by atomic mass is 9.94. The molecule has 5 nitrogen and oxygen atoms in total. The quantitative estimate of drug-likeness (QED) is 0.903. The number of hydrogen-bond acceptors (Lipinski definition) is 4. The van der Waals surface area contributed by atoms with Crippen molar-refractivity contribution >= 4 is 22.7 Å². The topological polar surface area (TPSA) is 72.0 Å². The van der Waals surface area contributed by atoms with E-state index in [2.05, 4.69) is 15.3 Å². The molecule has 0 unspecified atom stereocenters. The number of aromatic nitrogens is 2. The van der Waals surface area contributed by atoms with Crippen LogP contribution < -0.4 is 5.32 Å². The summed E-state index contributed by atoms with van der Waals surface area (Å²) >= 11 is 0. The second kappa shape index (κ2) is 5.36. The molecule has 2 aromatic rings. The lowest BCUT2D eigenvalue weighted by molar-refractivity contribution is -0.120. The zero-order chi connectivity index (χ0) is 13.9. The number of carbonyl (C=O) groups is 2. The van der Waals surface area contributed by atoms with Gasteiger partial charge in [0.05, 0.1) is 11.0 Å². The molecule has 0 radical (unpaired) electrons. The molecule has 1 amide bonds. The van der Waals surface area contributed by atoms with Crippen molar-refractivity contribution in [3.05, 3.63) is 36.2 Å². The molecule has 0 aliphatic heterocycles. The Hall–Kier alpha value is -2.30. The molecule has 1 N–H and O–H groups in total. The summed E-state index contributed by atoms with van der Waals surface area (Å²) in [6, 6.07) is 5.38. The zero-order valence-corrected chi connectivity index (χ0v) is 11.0. The molecule has 1 fully saturated rings. The maximum Gasteiger partial charge on any atom is 0.251 e. The molecule has 0 saturated heterocycles. The zero-order valence-electron chi connectivity index (χ0n) is 11.0. The average Bonchev–Trinajstić information content (AvgIpc) is 2.49. The van der Waals surface area contributed by atoms with Crippen molar-refractivity contribution in [3.63, 3.8) is 0 Å². The standard InChI is InChI=1S/C15H15N3O2/c19-12-4-2-11(3-5-12)18-15(20)10-1-6-13-14(9-10)17-8-7-16-13/h1,6-9,11H,2-5H2,(H,18,20). The van der Waals surface area contributed by atoms with Crippen LogP contribution in [0.2, 0.25) is 0 Å². The first-order valence-electron chi connectivity index (χ1n) is 6.76. The number of fused-ring (bicyclic) bond motifs is 1. The number of hydrogen-bond donors (Lipinski definition) is 1. The Kier molecular flexibility index (Phi) is 3.41. The second-order valence-corrected chi connectivity index (χ2v) is 5.05. The maximum atomic E-state index is 12.2. The van der Waals surface area contributed by atoms with Gasteiger partial charge in [-0.05, 0) is 31.0 Å². The van der Waals surface area contributed by atoms with Gasteiger partial charge in [0.2, 0.25) is 0 Å². The van der Waals surface area contributed by atoms with Gasteiger partial charge in [-0.25, -0.2) is 0 Å². The van der Waals surface area contributed by atoms with Crippen LogP contribution >= 0.6 is 0 Å². The molecule has 1 aromatic heterocycles. The number of nitrogens with one attached hydrogen (secondary N) is 1. The van der Waals surface area contributed by atoms with E-state index < -0.39 is 0 Å². The van der Waals surface area contributed by atoms with E-state index in [4.69, 9.17) is 0 Å². The SMILES string of the molecule is O=C1CCC(NC(=O)c2ccc3nccnc3c2)CC1. The lowest BCUT2D eigenvalue weighted by Gasteiger charge is -2.22. The largest absolute Gasteiger partial charge is 0.349 e. The van der Waals surface area contributed by atoms with Gasteiger partial charge in [0, 0.05) is 36.8 Å². The summed E-state index contributed by atoms with van der Waals surface area (Å²) < 4.78 is 0. The van der Waals surface area contributed by atoms with Crippen molar-refractivity contribution in [2.75, 3.05) is 0 Å². The minimum atomic E-state index is -0.114. The number of Topliss-reactive ketones (excluding diaryl/α,β-unsaturated/α-hetero) is 1. The Labute approximate surface area is 116 Å². The smallest absolute Gasteiger partial charge is 0.251 e. The van der Waals surface area contributed by atoms with E-state index in [1.54, 1.807) is 30.6 Å². The van der Waals surface area contributed by atoms with Crippen molar-refractivity contribution in [1.82, 2.24) is 15.3 Å². The van der Waals surface area contributed by atoms with Gasteiger partial charge in [0.25, 0.3) is 5.91 Å². The van der Waals surface area contributed by atoms with Crippen LogP contribution in [0.15, 0.2) is 30.6 Å². The van der Waals surface area contributed by atoms with Gasteiger partial charge < -0.3 is 5.32 Å². The highest BCUT2D eigenvalue weighted by Gasteiger charge is 2.20. The number of rotatable bonds is 2. The van der Waals surface area contributed by atoms with Crippen LogP contribution in [0.1, 0.15) is 36.0 Å². The molecule has 0 spiro atoms. The maximum absolute atomic E-state index is 12.2. The Bertz CT molecular complexity index is 659. The number of carbonyl (C=O) groups excluding carboxylic acids is 2. The van der Waals surface area contributed by atoms with Crippen molar-refractivity contribution < 1.29 is 9.59 Å². The lowest BCUT2D eigenvalue weighted by Crippen LogP contribution is -2.37. The molecule has 0 bridgehead atoms. The summed E-state index contributed by atoms with van der Waals surface area (Å²) in [5, 5.41) is 2.98. The van der Waals surface area contributed by atoms with E-state index in [-0.39, 0.29) is 17.7 Å². The fourth-order valence-electron chi connectivity index (χ4n) is 2.46. The summed E-state index contributed by atoms with van der Waals surface area (Å²) in [4.78, 5) is 31.7. The molecular formula is C15H15N3O2. The molecule has 1 aliphatic rings. The van der Waals surface area contributed by atoms with Crippen molar-refractivity contribution in [1.29, 1.82) is 0 Å². The monoisotopic (exact) mass is 269 g/mol. The molecular weight excluding hydrogens is 254 g/mol. The number of nitrogens with zero attached hydrogens (tertiary/aromatic N) is 2. The minimum absolute atomic E-state index is 0.0951. The van der Waals surface area contributed by atoms with Crippen LogP contribution in [0.5, 0.6) is 0 Å². The summed E-state index contributed by atoms with van der Waals surface area (Å²) in [5.41, 5.74) is 2.06. The van der Waals surface area contributed by atoms with Crippen LogP contribution in [-0.4, -0.2) is 27.7 Å².